The zero-order chi connectivity index (χ0) is 19.3. The minimum atomic E-state index is 0.109. The molecule has 1 aliphatic carbocycles. The molecule has 148 valence electrons. The van der Waals surface area contributed by atoms with E-state index < -0.39 is 0 Å². The molecule has 0 bridgehead atoms. The summed E-state index contributed by atoms with van der Waals surface area (Å²) in [6, 6.07) is 7.66. The molecular formula is C20H26N6O2. The Kier molecular flexibility index (Phi) is 5.64. The highest BCUT2D eigenvalue weighted by molar-refractivity contribution is 5.80. The lowest BCUT2D eigenvalue weighted by Crippen LogP contribution is -2.51. The summed E-state index contributed by atoms with van der Waals surface area (Å²) in [5.74, 6) is 0.943. The van der Waals surface area contributed by atoms with E-state index in [1.54, 1.807) is 4.68 Å². The van der Waals surface area contributed by atoms with Gasteiger partial charge in [0, 0.05) is 32.6 Å². The Balaban J connectivity index is 1.25. The maximum atomic E-state index is 12.6. The standard InChI is InChI=1S/C20H26N6O2/c27-19(13-16-3-1-2-4-16)24-9-11-25(12-10-24)20(28)14-17-5-7-18(8-6-17)26-15-21-22-23-26/h5-8,15-16H,1-4,9-14H2. The van der Waals surface area contributed by atoms with Crippen LogP contribution < -0.4 is 0 Å². The Morgan fingerprint density at radius 3 is 2.18 bits per heavy atom. The topological polar surface area (TPSA) is 84.2 Å². The van der Waals surface area contributed by atoms with Gasteiger partial charge in [0.1, 0.15) is 6.33 Å². The van der Waals surface area contributed by atoms with Crippen LogP contribution in [0.15, 0.2) is 30.6 Å². The van der Waals surface area contributed by atoms with Gasteiger partial charge in [0.15, 0.2) is 0 Å². The molecule has 8 nitrogen and oxygen atoms in total. The quantitative estimate of drug-likeness (QED) is 0.782. The number of carbonyl (C=O) groups is 2. The fourth-order valence-corrected chi connectivity index (χ4v) is 4.13. The van der Waals surface area contributed by atoms with Gasteiger partial charge in [-0.25, -0.2) is 4.68 Å². The summed E-state index contributed by atoms with van der Waals surface area (Å²) in [6.07, 6.45) is 7.49. The molecule has 4 rings (SSSR count). The maximum Gasteiger partial charge on any atom is 0.227 e. The van der Waals surface area contributed by atoms with Crippen LogP contribution in [-0.2, 0) is 16.0 Å². The van der Waals surface area contributed by atoms with Crippen LogP contribution in [0.5, 0.6) is 0 Å². The van der Waals surface area contributed by atoms with Gasteiger partial charge in [-0.05, 0) is 46.9 Å². The molecule has 0 unspecified atom stereocenters. The number of hydrogen-bond donors (Lipinski definition) is 0. The van der Waals surface area contributed by atoms with Gasteiger partial charge >= 0.3 is 0 Å². The van der Waals surface area contributed by atoms with Gasteiger partial charge in [-0.1, -0.05) is 25.0 Å². The van der Waals surface area contributed by atoms with Gasteiger partial charge in [-0.3, -0.25) is 9.59 Å². The molecule has 2 aliphatic rings. The highest BCUT2D eigenvalue weighted by atomic mass is 16.2. The van der Waals surface area contributed by atoms with Crippen LogP contribution in [0.4, 0.5) is 0 Å². The molecule has 28 heavy (non-hydrogen) atoms. The molecule has 1 saturated heterocycles. The van der Waals surface area contributed by atoms with Gasteiger partial charge in [-0.15, -0.1) is 5.10 Å². The lowest BCUT2D eigenvalue weighted by Gasteiger charge is -2.35. The van der Waals surface area contributed by atoms with E-state index in [-0.39, 0.29) is 11.8 Å². The van der Waals surface area contributed by atoms with Crippen molar-refractivity contribution in [1.29, 1.82) is 0 Å². The fourth-order valence-electron chi connectivity index (χ4n) is 4.13. The smallest absolute Gasteiger partial charge is 0.227 e. The lowest BCUT2D eigenvalue weighted by molar-refractivity contribution is -0.139. The molecule has 0 atom stereocenters. The zero-order valence-corrected chi connectivity index (χ0v) is 16.0. The Morgan fingerprint density at radius 2 is 1.57 bits per heavy atom. The highest BCUT2D eigenvalue weighted by Crippen LogP contribution is 2.28. The molecule has 1 aromatic carbocycles. The zero-order valence-electron chi connectivity index (χ0n) is 16.0. The monoisotopic (exact) mass is 382 g/mol. The first-order valence-electron chi connectivity index (χ1n) is 10.1. The second-order valence-corrected chi connectivity index (χ2v) is 7.71. The molecule has 0 radical (unpaired) electrons. The Hall–Kier alpha value is -2.77. The first-order chi connectivity index (χ1) is 13.7. The highest BCUT2D eigenvalue weighted by Gasteiger charge is 2.26. The summed E-state index contributed by atoms with van der Waals surface area (Å²) in [5, 5.41) is 11.1. The molecule has 2 aromatic rings. The van der Waals surface area contributed by atoms with Crippen molar-refractivity contribution in [3.8, 4) is 5.69 Å². The molecular weight excluding hydrogens is 356 g/mol. The van der Waals surface area contributed by atoms with Crippen LogP contribution in [0.25, 0.3) is 5.69 Å². The second-order valence-electron chi connectivity index (χ2n) is 7.71. The SMILES string of the molecule is O=C(Cc1ccc(-n2cnnn2)cc1)N1CCN(C(=O)CC2CCCC2)CC1. The number of benzene rings is 1. The number of carbonyl (C=O) groups excluding carboxylic acids is 2. The molecule has 2 fully saturated rings. The van der Waals surface area contributed by atoms with E-state index in [2.05, 4.69) is 15.5 Å². The Labute approximate surface area is 164 Å². The van der Waals surface area contributed by atoms with E-state index in [4.69, 9.17) is 0 Å². The van der Waals surface area contributed by atoms with Crippen LogP contribution >= 0.6 is 0 Å². The summed E-state index contributed by atoms with van der Waals surface area (Å²) in [4.78, 5) is 28.9. The number of aromatic nitrogens is 4. The largest absolute Gasteiger partial charge is 0.339 e. The van der Waals surface area contributed by atoms with Crippen LogP contribution in [0.3, 0.4) is 0 Å². The van der Waals surface area contributed by atoms with Crippen molar-refractivity contribution >= 4 is 11.8 Å². The average molecular weight is 382 g/mol. The van der Waals surface area contributed by atoms with Gasteiger partial charge in [0.05, 0.1) is 12.1 Å². The predicted octanol–water partition coefficient (Wildman–Crippen LogP) is 1.46. The average Bonchev–Trinajstić information content (AvgIpc) is 3.43. The molecule has 2 amide bonds. The number of amides is 2. The minimum Gasteiger partial charge on any atom is -0.339 e. The first-order valence-corrected chi connectivity index (χ1v) is 10.1. The predicted molar refractivity (Wildman–Crippen MR) is 103 cm³/mol. The number of piperazine rings is 1. The summed E-state index contributed by atoms with van der Waals surface area (Å²) >= 11 is 0. The number of nitrogens with zero attached hydrogens (tertiary/aromatic N) is 6. The van der Waals surface area contributed by atoms with E-state index in [0.717, 1.165) is 11.3 Å². The van der Waals surface area contributed by atoms with Crippen molar-refractivity contribution in [2.24, 2.45) is 5.92 Å². The molecule has 1 aliphatic heterocycles. The van der Waals surface area contributed by atoms with Crippen LogP contribution in [0.2, 0.25) is 0 Å². The number of tetrazole rings is 1. The molecule has 0 spiro atoms. The van der Waals surface area contributed by atoms with Crippen LogP contribution in [0, 0.1) is 5.92 Å². The lowest BCUT2D eigenvalue weighted by atomic mass is 10.0. The minimum absolute atomic E-state index is 0.109. The van der Waals surface area contributed by atoms with E-state index in [1.165, 1.54) is 32.0 Å². The summed E-state index contributed by atoms with van der Waals surface area (Å²) < 4.78 is 1.58. The summed E-state index contributed by atoms with van der Waals surface area (Å²) in [7, 11) is 0. The second kappa shape index (κ2) is 8.50. The molecule has 0 N–H and O–H groups in total. The fraction of sp³-hybridized carbons (Fsp3) is 0.550. The van der Waals surface area contributed by atoms with Gasteiger partial charge in [0.25, 0.3) is 0 Å². The van der Waals surface area contributed by atoms with E-state index in [9.17, 15) is 9.59 Å². The van der Waals surface area contributed by atoms with Gasteiger partial charge in [0.2, 0.25) is 11.8 Å². The maximum absolute atomic E-state index is 12.6. The van der Waals surface area contributed by atoms with Gasteiger partial charge in [-0.2, -0.15) is 0 Å². The number of rotatable bonds is 5. The first kappa shape index (κ1) is 18.6. The van der Waals surface area contributed by atoms with E-state index in [1.807, 2.05) is 34.1 Å². The molecule has 2 heterocycles. The molecule has 1 saturated carbocycles. The van der Waals surface area contributed by atoms with Crippen molar-refractivity contribution in [2.75, 3.05) is 26.2 Å². The van der Waals surface area contributed by atoms with E-state index >= 15 is 0 Å². The van der Waals surface area contributed by atoms with Crippen LogP contribution in [-0.4, -0.2) is 68.0 Å². The third-order valence-electron chi connectivity index (χ3n) is 5.83. The van der Waals surface area contributed by atoms with Gasteiger partial charge < -0.3 is 9.80 Å². The van der Waals surface area contributed by atoms with Crippen molar-refractivity contribution in [1.82, 2.24) is 30.0 Å². The van der Waals surface area contributed by atoms with Crippen molar-refractivity contribution in [3.63, 3.8) is 0 Å². The summed E-state index contributed by atoms with van der Waals surface area (Å²) in [5.41, 5.74) is 1.82. The van der Waals surface area contributed by atoms with Crippen LogP contribution in [0.1, 0.15) is 37.7 Å². The molecule has 8 heteroatoms. The third kappa shape index (κ3) is 4.37. The Morgan fingerprint density at radius 1 is 0.929 bits per heavy atom. The summed E-state index contributed by atoms with van der Waals surface area (Å²) in [6.45, 7) is 2.54. The van der Waals surface area contributed by atoms with Crippen molar-refractivity contribution < 1.29 is 9.59 Å². The Bertz CT molecular complexity index is 791. The van der Waals surface area contributed by atoms with E-state index in [0.29, 0.717) is 44.9 Å². The van der Waals surface area contributed by atoms with Crippen molar-refractivity contribution in [2.45, 2.75) is 38.5 Å². The van der Waals surface area contributed by atoms with Crippen molar-refractivity contribution in [3.05, 3.63) is 36.2 Å². The molecule has 1 aromatic heterocycles. The number of hydrogen-bond acceptors (Lipinski definition) is 5. The normalized spacial score (nSPS) is 17.9. The third-order valence-corrected chi connectivity index (χ3v) is 5.83.